The van der Waals surface area contributed by atoms with E-state index in [0.29, 0.717) is 42.0 Å². The van der Waals surface area contributed by atoms with Gasteiger partial charge in [-0.25, -0.2) is 4.98 Å². The number of pyridine rings is 1. The van der Waals surface area contributed by atoms with Gasteiger partial charge in [-0.05, 0) is 92.7 Å². The quantitative estimate of drug-likeness (QED) is 0.729. The predicted molar refractivity (Wildman–Crippen MR) is 126 cm³/mol. The van der Waals surface area contributed by atoms with Crippen molar-refractivity contribution >= 4 is 17.6 Å². The number of nitrogens with one attached hydrogen (secondary N) is 1. The zero-order valence-corrected chi connectivity index (χ0v) is 19.9. The van der Waals surface area contributed by atoms with Crippen LogP contribution >= 0.6 is 0 Å². The Morgan fingerprint density at radius 3 is 2.75 bits per heavy atom. The molecule has 0 spiro atoms. The second-order valence-corrected chi connectivity index (χ2v) is 11.4. The summed E-state index contributed by atoms with van der Waals surface area (Å²) in [7, 11) is 1.98. The molecule has 1 N–H and O–H groups in total. The van der Waals surface area contributed by atoms with Gasteiger partial charge >= 0.3 is 0 Å². The largest absolute Gasteiger partial charge is 0.338 e. The van der Waals surface area contributed by atoms with Gasteiger partial charge in [0, 0.05) is 30.6 Å². The summed E-state index contributed by atoms with van der Waals surface area (Å²) in [6.45, 7) is 6.80. The molecule has 2 amide bonds. The number of carbonyl (C=O) groups excluding carboxylic acids is 2. The van der Waals surface area contributed by atoms with Crippen molar-refractivity contribution < 1.29 is 9.59 Å². The van der Waals surface area contributed by atoms with Crippen LogP contribution in [0.4, 0.5) is 5.82 Å². The lowest BCUT2D eigenvalue weighted by Crippen LogP contribution is -2.59. The Labute approximate surface area is 192 Å². The molecule has 1 aliphatic heterocycles. The molecule has 0 radical (unpaired) electrons. The maximum atomic E-state index is 12.9. The SMILES string of the molecule is Cc1cccc(NC(=O)C[C@H]2CCC3C4CCC5N(C)C(=O)C=C[C@]5(C)C4CC[C@@]32C)n1. The van der Waals surface area contributed by atoms with Crippen LogP contribution in [0.1, 0.15) is 64.5 Å². The van der Waals surface area contributed by atoms with E-state index >= 15 is 0 Å². The molecule has 1 aromatic heterocycles. The molecule has 3 saturated carbocycles. The highest BCUT2D eigenvalue weighted by Crippen LogP contribution is 2.65. The zero-order chi connectivity index (χ0) is 22.7. The van der Waals surface area contributed by atoms with Crippen molar-refractivity contribution in [1.82, 2.24) is 9.88 Å². The topological polar surface area (TPSA) is 62.3 Å². The van der Waals surface area contributed by atoms with Crippen LogP contribution in [0.15, 0.2) is 30.4 Å². The summed E-state index contributed by atoms with van der Waals surface area (Å²) < 4.78 is 0. The summed E-state index contributed by atoms with van der Waals surface area (Å²) >= 11 is 0. The Kier molecular flexibility index (Phi) is 5.22. The van der Waals surface area contributed by atoms with Gasteiger partial charge in [0.05, 0.1) is 0 Å². The molecule has 2 heterocycles. The molecule has 172 valence electrons. The molecular weight excluding hydrogens is 398 g/mol. The van der Waals surface area contributed by atoms with Gasteiger partial charge in [-0.15, -0.1) is 0 Å². The molecule has 5 rings (SSSR count). The van der Waals surface area contributed by atoms with Crippen molar-refractivity contribution in [3.63, 3.8) is 0 Å². The van der Waals surface area contributed by atoms with Gasteiger partial charge < -0.3 is 10.2 Å². The molecule has 0 bridgehead atoms. The highest BCUT2D eigenvalue weighted by atomic mass is 16.2. The minimum absolute atomic E-state index is 0.0825. The van der Waals surface area contributed by atoms with E-state index in [0.717, 1.165) is 18.5 Å². The minimum atomic E-state index is 0.0825. The third-order valence-electron chi connectivity index (χ3n) is 9.91. The number of aromatic nitrogens is 1. The van der Waals surface area contributed by atoms with E-state index in [9.17, 15) is 9.59 Å². The standard InChI is InChI=1S/C27H37N3O2/c1-17-6-5-7-23(28-17)29-24(31)16-18-8-10-20-19-9-11-22-27(3,15-13-25(32)30(22)4)21(19)12-14-26(18,20)2/h5-7,13,15,18-22H,8-12,14,16H2,1-4H3,(H,28,29,31)/t18-,19?,20?,21?,22?,26-,27-/m1/s1. The third kappa shape index (κ3) is 3.31. The molecule has 0 aromatic carbocycles. The van der Waals surface area contributed by atoms with Gasteiger partial charge in [0.1, 0.15) is 5.82 Å². The second kappa shape index (κ2) is 7.71. The fourth-order valence-electron chi connectivity index (χ4n) is 8.21. The van der Waals surface area contributed by atoms with Crippen molar-refractivity contribution in [1.29, 1.82) is 0 Å². The van der Waals surface area contributed by atoms with Crippen molar-refractivity contribution in [2.24, 2.45) is 34.5 Å². The van der Waals surface area contributed by atoms with Crippen molar-refractivity contribution in [3.8, 4) is 0 Å². The number of amides is 2. The average Bonchev–Trinajstić information content (AvgIpc) is 3.07. The van der Waals surface area contributed by atoms with Gasteiger partial charge in [-0.2, -0.15) is 0 Å². The third-order valence-corrected chi connectivity index (χ3v) is 9.91. The Morgan fingerprint density at radius 1 is 1.16 bits per heavy atom. The van der Waals surface area contributed by atoms with Gasteiger partial charge in [0.15, 0.2) is 0 Å². The summed E-state index contributed by atoms with van der Waals surface area (Å²) in [6.07, 6.45) is 11.7. The first-order chi connectivity index (χ1) is 15.2. The maximum absolute atomic E-state index is 12.9. The summed E-state index contributed by atoms with van der Waals surface area (Å²) in [6, 6.07) is 6.08. The van der Waals surface area contributed by atoms with E-state index in [-0.39, 0.29) is 22.6 Å². The van der Waals surface area contributed by atoms with E-state index in [1.54, 1.807) is 0 Å². The maximum Gasteiger partial charge on any atom is 0.246 e. The molecule has 1 aromatic rings. The normalized spacial score (nSPS) is 40.4. The number of nitrogens with zero attached hydrogens (tertiary/aromatic N) is 2. The average molecular weight is 436 g/mol. The second-order valence-electron chi connectivity index (χ2n) is 11.4. The number of carbonyl (C=O) groups is 2. The van der Waals surface area contributed by atoms with Crippen molar-refractivity contribution in [2.45, 2.75) is 71.8 Å². The van der Waals surface area contributed by atoms with Crippen LogP contribution in [0.3, 0.4) is 0 Å². The first-order valence-corrected chi connectivity index (χ1v) is 12.4. The molecule has 0 saturated heterocycles. The van der Waals surface area contributed by atoms with E-state index in [1.165, 1.54) is 25.7 Å². The van der Waals surface area contributed by atoms with Crippen LogP contribution in [-0.4, -0.2) is 34.8 Å². The fourth-order valence-corrected chi connectivity index (χ4v) is 8.21. The number of hydrogen-bond donors (Lipinski definition) is 1. The van der Waals surface area contributed by atoms with Crippen molar-refractivity contribution in [3.05, 3.63) is 36.0 Å². The number of anilines is 1. The minimum Gasteiger partial charge on any atom is -0.338 e. The van der Waals surface area contributed by atoms with Crippen LogP contribution in [0.25, 0.3) is 0 Å². The summed E-state index contributed by atoms with van der Waals surface area (Å²) in [4.78, 5) is 31.6. The van der Waals surface area contributed by atoms with Crippen LogP contribution in [-0.2, 0) is 9.59 Å². The molecule has 7 atom stereocenters. The molecule has 5 heteroatoms. The van der Waals surface area contributed by atoms with Crippen molar-refractivity contribution in [2.75, 3.05) is 12.4 Å². The molecule has 4 aliphatic rings. The van der Waals surface area contributed by atoms with Crippen LogP contribution in [0.2, 0.25) is 0 Å². The number of fused-ring (bicyclic) bond motifs is 5. The molecule has 3 aliphatic carbocycles. The molecule has 3 fully saturated rings. The van der Waals surface area contributed by atoms with E-state index in [1.807, 2.05) is 43.1 Å². The van der Waals surface area contributed by atoms with E-state index in [2.05, 4.69) is 30.2 Å². The lowest BCUT2D eigenvalue weighted by Gasteiger charge is -2.60. The lowest BCUT2D eigenvalue weighted by molar-refractivity contribution is -0.139. The summed E-state index contributed by atoms with van der Waals surface area (Å²) in [5, 5.41) is 3.03. The highest BCUT2D eigenvalue weighted by Gasteiger charge is 2.60. The number of aryl methyl sites for hydroxylation is 1. The number of likely N-dealkylation sites (N-methyl/N-ethyl adjacent to an activating group) is 1. The Balaban J connectivity index is 1.31. The highest BCUT2D eigenvalue weighted by molar-refractivity contribution is 5.90. The van der Waals surface area contributed by atoms with E-state index in [4.69, 9.17) is 0 Å². The smallest absolute Gasteiger partial charge is 0.246 e. The molecular formula is C27H37N3O2. The molecule has 32 heavy (non-hydrogen) atoms. The first kappa shape index (κ1) is 21.7. The summed E-state index contributed by atoms with van der Waals surface area (Å²) in [5.41, 5.74) is 1.24. The van der Waals surface area contributed by atoms with Crippen LogP contribution in [0, 0.1) is 41.4 Å². The van der Waals surface area contributed by atoms with Gasteiger partial charge in [0.2, 0.25) is 11.8 Å². The van der Waals surface area contributed by atoms with Gasteiger partial charge in [0.25, 0.3) is 0 Å². The van der Waals surface area contributed by atoms with Crippen LogP contribution in [0.5, 0.6) is 0 Å². The van der Waals surface area contributed by atoms with Crippen LogP contribution < -0.4 is 5.32 Å². The Hall–Kier alpha value is -2.17. The number of rotatable bonds is 3. The molecule has 4 unspecified atom stereocenters. The monoisotopic (exact) mass is 435 g/mol. The predicted octanol–water partition coefficient (Wildman–Crippen LogP) is 4.97. The summed E-state index contributed by atoms with van der Waals surface area (Å²) in [5.74, 6) is 3.38. The zero-order valence-electron chi connectivity index (χ0n) is 19.9. The molecule has 5 nitrogen and oxygen atoms in total. The van der Waals surface area contributed by atoms with Gasteiger partial charge in [-0.1, -0.05) is 26.0 Å². The Bertz CT molecular complexity index is 958. The van der Waals surface area contributed by atoms with Gasteiger partial charge in [-0.3, -0.25) is 9.59 Å². The Morgan fingerprint density at radius 2 is 1.97 bits per heavy atom. The lowest BCUT2D eigenvalue weighted by atomic mass is 9.47. The fraction of sp³-hybridized carbons (Fsp3) is 0.667. The first-order valence-electron chi connectivity index (χ1n) is 12.4. The number of hydrogen-bond acceptors (Lipinski definition) is 3. The van der Waals surface area contributed by atoms with E-state index < -0.39 is 0 Å².